The molecule has 0 aliphatic rings. The van der Waals surface area contributed by atoms with E-state index in [1.165, 1.54) is 44.9 Å². The summed E-state index contributed by atoms with van der Waals surface area (Å²) in [6.45, 7) is 2.01. The predicted molar refractivity (Wildman–Crippen MR) is 321 cm³/mol. The number of unbranched alkanes of at least 4 members (excludes halogenated alkanes) is 13. The van der Waals surface area contributed by atoms with E-state index in [-0.39, 0.29) is 122 Å². The number of carboxylic acids is 2. The van der Waals surface area contributed by atoms with Gasteiger partial charge in [0.2, 0.25) is 39.6 Å². The molecule has 1 aromatic heterocycles. The van der Waals surface area contributed by atoms with Crippen molar-refractivity contribution < 1.29 is 85.5 Å². The van der Waals surface area contributed by atoms with Gasteiger partial charge in [-0.15, -0.1) is 10.2 Å². The van der Waals surface area contributed by atoms with Crippen molar-refractivity contribution in [1.29, 1.82) is 0 Å². The Morgan fingerprint density at radius 2 is 1.15 bits per heavy atom. The number of ketones is 2. The van der Waals surface area contributed by atoms with Crippen LogP contribution in [-0.4, -0.2) is 182 Å². The predicted octanol–water partition coefficient (Wildman–Crippen LogP) is 3.63. The van der Waals surface area contributed by atoms with Crippen molar-refractivity contribution in [3.05, 3.63) is 41.2 Å². The lowest BCUT2D eigenvalue weighted by atomic mass is 9.97. The molecule has 6 amide bonds. The molecule has 0 spiro atoms. The molecule has 0 aliphatic heterocycles. The van der Waals surface area contributed by atoms with Crippen LogP contribution in [0.4, 0.5) is 0 Å². The number of ether oxygens (including phenoxy) is 4. The number of sulfonamides is 1. The molecular formula is C59H96N10O18S. The summed E-state index contributed by atoms with van der Waals surface area (Å²) < 4.78 is 48.2. The molecule has 3 atom stereocenters. The van der Waals surface area contributed by atoms with Crippen LogP contribution in [0.15, 0.2) is 24.3 Å². The number of aromatic amines is 1. The van der Waals surface area contributed by atoms with E-state index in [9.17, 15) is 66.6 Å². The standard InChI is InChI=1S/C59H96N10O18S/c1-44-24-26-45(27-25-44)57(77)62-32-16-15-20-49(56(60)76)63-55(75)43-87-39-36-84-34-17-19-47(70)29-30-50(59(80)81)64-53(73)31-28-46(58(78)79)41-48(71)42-86-38-37-85-35-33-61-52(72)23-18-40-88(82,83)67-54(74)22-14-12-10-8-6-4-2-3-5-7-9-11-13-21-51-65-68-69-66-51/h24-27,46,49-50H,2-23,28-43H2,1H3,(H2,60,76)(H,61,72)(H,62,77)(H,63,75)(H,64,73)(H,67,74)(H,78,79)(H,80,81)(H,65,66,68,69). The maximum atomic E-state index is 12.6. The van der Waals surface area contributed by atoms with Gasteiger partial charge in [-0.25, -0.2) is 13.2 Å². The van der Waals surface area contributed by atoms with Gasteiger partial charge in [0.15, 0.2) is 11.6 Å². The molecule has 1 heterocycles. The minimum absolute atomic E-state index is 0.00758. The van der Waals surface area contributed by atoms with Gasteiger partial charge in [0.1, 0.15) is 31.1 Å². The number of carbonyl (C=O) groups is 10. The number of H-pyrrole nitrogens is 1. The number of rotatable bonds is 57. The number of nitrogens with one attached hydrogen (secondary N) is 6. The SMILES string of the molecule is Cc1ccc(C(=O)NCCCCC(NC(=O)COCCOCCCC(=O)CCC(NC(=O)CCC(CC(=O)COCCOCCNC(=O)CCCS(=O)(=O)NC(=O)CCCCCCCCCCCCCCCc2nn[nH]n2)C(=O)O)C(=O)O)C(N)=O)cc1. The number of Topliss-reactive ketones (excluding diaryl/α,β-unsaturated/α-hetero) is 2. The van der Waals surface area contributed by atoms with Crippen molar-refractivity contribution >= 4 is 69.0 Å². The molecule has 0 aliphatic carbocycles. The fourth-order valence-corrected chi connectivity index (χ4v) is 10.00. The number of aliphatic carboxylic acids is 2. The molecule has 29 heteroatoms. The average Bonchev–Trinajstić information content (AvgIpc) is 4.02. The van der Waals surface area contributed by atoms with Crippen LogP contribution >= 0.6 is 0 Å². The highest BCUT2D eigenvalue weighted by atomic mass is 32.2. The molecule has 0 radical (unpaired) electrons. The van der Waals surface area contributed by atoms with Gasteiger partial charge in [-0.2, -0.15) is 5.21 Å². The second kappa shape index (κ2) is 48.1. The first kappa shape index (κ1) is 77.3. The molecular weight excluding hydrogens is 1170 g/mol. The van der Waals surface area contributed by atoms with Gasteiger partial charge in [-0.1, -0.05) is 93.5 Å². The van der Waals surface area contributed by atoms with Crippen molar-refractivity contribution in [3.63, 3.8) is 0 Å². The Balaban J connectivity index is 1.44. The van der Waals surface area contributed by atoms with E-state index in [1.54, 1.807) is 12.1 Å². The number of benzene rings is 1. The number of primary amides is 1. The number of hydrogen-bond donors (Lipinski definition) is 9. The molecule has 1 aromatic carbocycles. The molecule has 0 saturated heterocycles. The summed E-state index contributed by atoms with van der Waals surface area (Å²) in [5.41, 5.74) is 7.03. The fraction of sp³-hybridized carbons (Fsp3) is 0.712. The Bertz CT molecular complexity index is 2490. The number of nitrogens with two attached hydrogens (primary N) is 1. The minimum atomic E-state index is -3.88. The van der Waals surface area contributed by atoms with Crippen molar-refractivity contribution in [1.82, 2.24) is 46.6 Å². The largest absolute Gasteiger partial charge is 0.481 e. The highest BCUT2D eigenvalue weighted by Crippen LogP contribution is 2.16. The third-order valence-corrected chi connectivity index (χ3v) is 15.3. The zero-order chi connectivity index (χ0) is 64.6. The highest BCUT2D eigenvalue weighted by molar-refractivity contribution is 7.90. The molecule has 496 valence electrons. The smallest absolute Gasteiger partial charge is 0.326 e. The van der Waals surface area contributed by atoms with E-state index in [0.717, 1.165) is 49.9 Å². The van der Waals surface area contributed by atoms with E-state index >= 15 is 0 Å². The maximum absolute atomic E-state index is 12.6. The van der Waals surface area contributed by atoms with Gasteiger partial charge in [-0.05, 0) is 76.8 Å². The van der Waals surface area contributed by atoms with Gasteiger partial charge in [0.05, 0.1) is 44.7 Å². The molecule has 2 rings (SSSR count). The molecule has 0 fully saturated rings. The van der Waals surface area contributed by atoms with E-state index < -0.39 is 94.7 Å². The molecule has 3 unspecified atom stereocenters. The van der Waals surface area contributed by atoms with E-state index in [2.05, 4.69) is 46.6 Å². The van der Waals surface area contributed by atoms with Crippen LogP contribution < -0.4 is 31.7 Å². The summed E-state index contributed by atoms with van der Waals surface area (Å²) in [6.07, 6.45) is 15.3. The number of nitrogens with zero attached hydrogens (tertiary/aromatic N) is 3. The number of carbonyl (C=O) groups excluding carboxylic acids is 8. The quantitative estimate of drug-likeness (QED) is 0.0427. The lowest BCUT2D eigenvalue weighted by Crippen LogP contribution is -2.45. The summed E-state index contributed by atoms with van der Waals surface area (Å²) in [5.74, 6) is -7.65. The first-order valence-corrected chi connectivity index (χ1v) is 32.4. The summed E-state index contributed by atoms with van der Waals surface area (Å²) in [4.78, 5) is 122. The summed E-state index contributed by atoms with van der Waals surface area (Å²) in [5, 5.41) is 43.5. The van der Waals surface area contributed by atoms with Gasteiger partial charge in [-0.3, -0.25) is 47.9 Å². The number of hydrogen-bond acceptors (Lipinski definition) is 19. The monoisotopic (exact) mass is 1260 g/mol. The summed E-state index contributed by atoms with van der Waals surface area (Å²) in [7, 11) is -3.88. The Labute approximate surface area is 516 Å². The second-order valence-electron chi connectivity index (χ2n) is 21.6. The third kappa shape index (κ3) is 41.4. The van der Waals surface area contributed by atoms with Crippen LogP contribution in [0.3, 0.4) is 0 Å². The van der Waals surface area contributed by atoms with E-state index in [1.807, 2.05) is 19.1 Å². The Morgan fingerprint density at radius 1 is 0.545 bits per heavy atom. The topological polar surface area (TPSA) is 423 Å². The average molecular weight is 1270 g/mol. The van der Waals surface area contributed by atoms with Crippen LogP contribution in [0.1, 0.15) is 189 Å². The normalized spacial score (nSPS) is 12.3. The van der Waals surface area contributed by atoms with Crippen LogP contribution in [-0.2, 0) is 78.5 Å². The van der Waals surface area contributed by atoms with Crippen LogP contribution in [0, 0.1) is 12.8 Å². The van der Waals surface area contributed by atoms with E-state index in [4.69, 9.17) is 24.7 Å². The van der Waals surface area contributed by atoms with Gasteiger partial charge in [0.25, 0.3) is 5.91 Å². The van der Waals surface area contributed by atoms with Crippen molar-refractivity contribution in [2.24, 2.45) is 11.7 Å². The second-order valence-corrected chi connectivity index (χ2v) is 23.5. The molecule has 0 saturated carbocycles. The van der Waals surface area contributed by atoms with Crippen LogP contribution in [0.2, 0.25) is 0 Å². The summed E-state index contributed by atoms with van der Waals surface area (Å²) >= 11 is 0. The first-order valence-electron chi connectivity index (χ1n) is 30.8. The fourth-order valence-electron chi connectivity index (χ4n) is 8.92. The number of amides is 6. The number of aromatic nitrogens is 4. The first-order chi connectivity index (χ1) is 42.2. The lowest BCUT2D eigenvalue weighted by molar-refractivity contribution is -0.145. The highest BCUT2D eigenvalue weighted by Gasteiger charge is 2.26. The Kier molecular flexibility index (Phi) is 42.3. The number of tetrazole rings is 1. The van der Waals surface area contributed by atoms with Crippen molar-refractivity contribution in [2.75, 3.05) is 71.7 Å². The van der Waals surface area contributed by atoms with Gasteiger partial charge < -0.3 is 56.2 Å². The van der Waals surface area contributed by atoms with Crippen molar-refractivity contribution in [2.45, 2.75) is 192 Å². The number of carboxylic acid groups (broad SMARTS) is 2. The summed E-state index contributed by atoms with van der Waals surface area (Å²) in [6, 6.07) is 4.81. The molecule has 2 aromatic rings. The van der Waals surface area contributed by atoms with Crippen LogP contribution in [0.5, 0.6) is 0 Å². The molecule has 28 nitrogen and oxygen atoms in total. The van der Waals surface area contributed by atoms with Crippen molar-refractivity contribution in [3.8, 4) is 0 Å². The minimum Gasteiger partial charge on any atom is -0.481 e. The Morgan fingerprint density at radius 3 is 1.77 bits per heavy atom. The zero-order valence-electron chi connectivity index (χ0n) is 51.2. The van der Waals surface area contributed by atoms with Gasteiger partial charge in [0, 0.05) is 70.2 Å². The third-order valence-electron chi connectivity index (χ3n) is 13.9. The zero-order valence-corrected chi connectivity index (χ0v) is 52.0. The molecule has 0 bridgehead atoms. The molecule has 10 N–H and O–H groups in total. The number of aryl methyl sites for hydroxylation is 2. The molecule has 88 heavy (non-hydrogen) atoms. The Hall–Kier alpha value is -6.82. The van der Waals surface area contributed by atoms with Gasteiger partial charge >= 0.3 is 11.9 Å². The van der Waals surface area contributed by atoms with E-state index in [0.29, 0.717) is 37.8 Å². The maximum Gasteiger partial charge on any atom is 0.326 e. The lowest BCUT2D eigenvalue weighted by Gasteiger charge is -2.16. The van der Waals surface area contributed by atoms with Crippen LogP contribution in [0.25, 0.3) is 0 Å².